The number of fused-ring (bicyclic) bond motifs is 1. The van der Waals surface area contributed by atoms with Gasteiger partial charge in [0.1, 0.15) is 0 Å². The lowest BCUT2D eigenvalue weighted by Crippen LogP contribution is -2.71. The molecule has 3 saturated heterocycles. The Morgan fingerprint density at radius 1 is 1.00 bits per heavy atom. The van der Waals surface area contributed by atoms with E-state index < -0.39 is 0 Å². The van der Waals surface area contributed by atoms with Gasteiger partial charge in [-0.2, -0.15) is 0 Å². The molecule has 0 N–H and O–H groups in total. The Bertz CT molecular complexity index is 243. The quantitative estimate of drug-likeness (QED) is 0.741. The highest BCUT2D eigenvalue weighted by Crippen LogP contribution is 2.31. The van der Waals surface area contributed by atoms with Gasteiger partial charge in [-0.25, -0.2) is 0 Å². The first kappa shape index (κ1) is 14.3. The van der Waals surface area contributed by atoms with Gasteiger partial charge in [0.2, 0.25) is 0 Å². The Balaban J connectivity index is 0.000000134. The zero-order valence-electron chi connectivity index (χ0n) is 12.3. The van der Waals surface area contributed by atoms with Crippen LogP contribution in [0.1, 0.15) is 27.7 Å². The monoisotopic (exact) mass is 256 g/mol. The van der Waals surface area contributed by atoms with E-state index in [0.717, 1.165) is 45.0 Å². The molecule has 3 aliphatic heterocycles. The molecule has 0 saturated carbocycles. The minimum absolute atomic E-state index is 0.604. The van der Waals surface area contributed by atoms with Gasteiger partial charge in [-0.15, -0.1) is 0 Å². The first-order valence-electron chi connectivity index (χ1n) is 7.28. The van der Waals surface area contributed by atoms with E-state index in [2.05, 4.69) is 37.5 Å². The fraction of sp³-hybridized carbons (Fsp3) is 1.00. The van der Waals surface area contributed by atoms with Gasteiger partial charge in [0.25, 0.3) is 0 Å². The van der Waals surface area contributed by atoms with Crippen LogP contribution in [0.3, 0.4) is 0 Å². The summed E-state index contributed by atoms with van der Waals surface area (Å²) in [6, 6.07) is 2.19. The van der Waals surface area contributed by atoms with Crippen molar-refractivity contribution in [1.82, 2.24) is 9.80 Å². The second-order valence-corrected chi connectivity index (χ2v) is 5.97. The molecule has 0 aromatic rings. The van der Waals surface area contributed by atoms with Crippen LogP contribution in [0.4, 0.5) is 0 Å². The van der Waals surface area contributed by atoms with Crippen LogP contribution in [0.25, 0.3) is 0 Å². The third kappa shape index (κ3) is 3.23. The van der Waals surface area contributed by atoms with Gasteiger partial charge < -0.3 is 9.47 Å². The maximum Gasteiger partial charge on any atom is 0.0880 e. The molecule has 0 radical (unpaired) electrons. The second kappa shape index (κ2) is 6.33. The number of ether oxygens (including phenoxy) is 2. The lowest BCUT2D eigenvalue weighted by atomic mass is 9.93. The number of rotatable bonds is 2. The van der Waals surface area contributed by atoms with E-state index in [9.17, 15) is 0 Å². The Morgan fingerprint density at radius 3 is 1.89 bits per heavy atom. The van der Waals surface area contributed by atoms with Gasteiger partial charge in [-0.05, 0) is 27.7 Å². The number of likely N-dealkylation sites (tertiary alicyclic amines) is 1. The largest absolute Gasteiger partial charge is 0.379 e. The summed E-state index contributed by atoms with van der Waals surface area (Å²) >= 11 is 0. The van der Waals surface area contributed by atoms with E-state index in [1.54, 1.807) is 0 Å². The summed E-state index contributed by atoms with van der Waals surface area (Å²) in [4.78, 5) is 4.93. The summed E-state index contributed by atoms with van der Waals surface area (Å²) in [5.41, 5.74) is 0. The molecule has 3 heterocycles. The maximum atomic E-state index is 5.27. The van der Waals surface area contributed by atoms with Crippen LogP contribution in [-0.2, 0) is 9.47 Å². The molecule has 0 spiro atoms. The van der Waals surface area contributed by atoms with Crippen molar-refractivity contribution in [3.63, 3.8) is 0 Å². The molecular formula is C14H28N2O2. The average molecular weight is 256 g/mol. The third-order valence-corrected chi connectivity index (χ3v) is 4.17. The van der Waals surface area contributed by atoms with Crippen molar-refractivity contribution < 1.29 is 9.47 Å². The summed E-state index contributed by atoms with van der Waals surface area (Å²) in [6.45, 7) is 15.1. The van der Waals surface area contributed by atoms with E-state index in [0.29, 0.717) is 12.1 Å². The lowest BCUT2D eigenvalue weighted by molar-refractivity contribution is -0.223. The van der Waals surface area contributed by atoms with Gasteiger partial charge in [-0.3, -0.25) is 9.80 Å². The van der Waals surface area contributed by atoms with Crippen molar-refractivity contribution in [2.75, 3.05) is 39.5 Å². The molecule has 18 heavy (non-hydrogen) atoms. The van der Waals surface area contributed by atoms with Gasteiger partial charge >= 0.3 is 0 Å². The molecule has 106 valence electrons. The van der Waals surface area contributed by atoms with Gasteiger partial charge in [0.15, 0.2) is 0 Å². The highest BCUT2D eigenvalue weighted by Gasteiger charge is 2.47. The lowest BCUT2D eigenvalue weighted by Gasteiger charge is -2.56. The van der Waals surface area contributed by atoms with E-state index in [4.69, 9.17) is 9.47 Å². The van der Waals surface area contributed by atoms with E-state index in [1.807, 2.05) is 0 Å². The van der Waals surface area contributed by atoms with Crippen molar-refractivity contribution in [3.05, 3.63) is 0 Å². The van der Waals surface area contributed by atoms with Crippen molar-refractivity contribution in [2.45, 2.75) is 51.9 Å². The molecule has 0 aromatic heterocycles. The van der Waals surface area contributed by atoms with Gasteiger partial charge in [0, 0.05) is 31.7 Å². The predicted molar refractivity (Wildman–Crippen MR) is 72.9 cm³/mol. The highest BCUT2D eigenvalue weighted by molar-refractivity contribution is 5.00. The second-order valence-electron chi connectivity index (χ2n) is 5.97. The first-order valence-corrected chi connectivity index (χ1v) is 7.28. The average Bonchev–Trinajstić information content (AvgIpc) is 2.34. The van der Waals surface area contributed by atoms with Crippen LogP contribution < -0.4 is 0 Å². The molecule has 0 bridgehead atoms. The van der Waals surface area contributed by atoms with Crippen LogP contribution in [0.2, 0.25) is 0 Å². The van der Waals surface area contributed by atoms with E-state index >= 15 is 0 Å². The van der Waals surface area contributed by atoms with Crippen LogP contribution >= 0.6 is 0 Å². The molecule has 4 nitrogen and oxygen atoms in total. The standard InChI is InChI=1S/C7H13NO.C7H15NO/c1-5(2)8-3-7-6(8)4-9-7;1-7(2)8-3-5-9-6-4-8/h5-7H,3-4H2,1-2H3;7H,3-6H2,1-2H3. The smallest absolute Gasteiger partial charge is 0.0880 e. The summed E-state index contributed by atoms with van der Waals surface area (Å²) in [5, 5.41) is 0. The minimum Gasteiger partial charge on any atom is -0.379 e. The zero-order chi connectivity index (χ0) is 13.1. The molecule has 3 rings (SSSR count). The van der Waals surface area contributed by atoms with Crippen molar-refractivity contribution in [1.29, 1.82) is 0 Å². The summed E-state index contributed by atoms with van der Waals surface area (Å²) in [6.07, 6.45) is 0.604. The van der Waals surface area contributed by atoms with E-state index in [-0.39, 0.29) is 0 Å². The van der Waals surface area contributed by atoms with Crippen LogP contribution in [-0.4, -0.2) is 73.5 Å². The summed E-state index contributed by atoms with van der Waals surface area (Å²) in [5.74, 6) is 0. The zero-order valence-corrected chi connectivity index (χ0v) is 12.3. The molecule has 0 amide bonds. The predicted octanol–water partition coefficient (Wildman–Crippen LogP) is 1.20. The topological polar surface area (TPSA) is 24.9 Å². The number of nitrogens with zero attached hydrogens (tertiary/aromatic N) is 2. The Kier molecular flexibility index (Phi) is 5.01. The van der Waals surface area contributed by atoms with Crippen LogP contribution in [0.5, 0.6) is 0 Å². The van der Waals surface area contributed by atoms with Crippen molar-refractivity contribution in [2.24, 2.45) is 0 Å². The molecular weight excluding hydrogens is 228 g/mol. The summed E-state index contributed by atoms with van der Waals surface area (Å²) in [7, 11) is 0. The molecule has 0 aliphatic carbocycles. The molecule has 3 fully saturated rings. The summed E-state index contributed by atoms with van der Waals surface area (Å²) < 4.78 is 10.5. The number of morpholine rings is 2. The minimum atomic E-state index is 0.604. The Labute approximate surface area is 111 Å². The molecule has 4 heteroatoms. The van der Waals surface area contributed by atoms with Gasteiger partial charge in [-0.1, -0.05) is 0 Å². The highest BCUT2D eigenvalue weighted by atomic mass is 16.5. The van der Waals surface area contributed by atoms with E-state index in [1.165, 1.54) is 6.54 Å². The Morgan fingerprint density at radius 2 is 1.67 bits per heavy atom. The molecule has 2 atom stereocenters. The first-order chi connectivity index (χ1) is 8.59. The molecule has 3 aliphatic rings. The van der Waals surface area contributed by atoms with Gasteiger partial charge in [0.05, 0.1) is 32.0 Å². The Hall–Kier alpha value is -0.160. The van der Waals surface area contributed by atoms with Crippen molar-refractivity contribution in [3.8, 4) is 0 Å². The fourth-order valence-corrected chi connectivity index (χ4v) is 2.69. The number of hydrogen-bond acceptors (Lipinski definition) is 4. The maximum absolute atomic E-state index is 5.27. The molecule has 0 aromatic carbocycles. The third-order valence-electron chi connectivity index (χ3n) is 4.17. The SMILES string of the molecule is CC(C)N1CC2OCC21.CC(C)N1CCOCC1. The molecule has 2 unspecified atom stereocenters. The normalized spacial score (nSPS) is 32.3. The van der Waals surface area contributed by atoms with Crippen LogP contribution in [0, 0.1) is 0 Å². The number of hydrogen-bond donors (Lipinski definition) is 0. The fourth-order valence-electron chi connectivity index (χ4n) is 2.69. The van der Waals surface area contributed by atoms with Crippen LogP contribution in [0.15, 0.2) is 0 Å². The van der Waals surface area contributed by atoms with Crippen molar-refractivity contribution >= 4 is 0 Å².